The van der Waals surface area contributed by atoms with Gasteiger partial charge >= 0.3 is 0 Å². The van der Waals surface area contributed by atoms with E-state index in [0.29, 0.717) is 36.8 Å². The van der Waals surface area contributed by atoms with Gasteiger partial charge in [0, 0.05) is 38.2 Å². The Morgan fingerprint density at radius 1 is 1.35 bits per heavy atom. The summed E-state index contributed by atoms with van der Waals surface area (Å²) in [6.45, 7) is 1.97. The number of amides is 1. The zero-order valence-corrected chi connectivity index (χ0v) is 17.4. The molecular weight excluding hydrogens is 398 g/mol. The van der Waals surface area contributed by atoms with Gasteiger partial charge in [-0.1, -0.05) is 6.42 Å². The van der Waals surface area contributed by atoms with E-state index in [1.807, 2.05) is 6.07 Å². The van der Waals surface area contributed by atoms with E-state index in [4.69, 9.17) is 10.5 Å². The molecule has 1 atom stereocenters. The fourth-order valence-electron chi connectivity index (χ4n) is 2.73. The zero-order chi connectivity index (χ0) is 18.3. The number of nitrogens with one attached hydrogen (secondary N) is 1. The molecular formula is C16H28ClN3O4S2. The number of carbonyl (C=O) groups is 1. The summed E-state index contributed by atoms with van der Waals surface area (Å²) in [5.41, 5.74) is 5.49. The summed E-state index contributed by atoms with van der Waals surface area (Å²) in [5, 5.41) is 2.81. The Hall–Kier alpha value is -0.710. The Labute approximate surface area is 165 Å². The number of hydrogen-bond donors (Lipinski definition) is 2. The van der Waals surface area contributed by atoms with E-state index in [2.05, 4.69) is 5.32 Å². The second-order valence-electron chi connectivity index (χ2n) is 6.08. The molecule has 0 aromatic carbocycles. The molecule has 1 aromatic rings. The first kappa shape index (κ1) is 23.3. The van der Waals surface area contributed by atoms with Crippen LogP contribution < -0.4 is 11.1 Å². The summed E-state index contributed by atoms with van der Waals surface area (Å²) in [5.74, 6) is -0.116. The molecule has 1 aromatic heterocycles. The van der Waals surface area contributed by atoms with Gasteiger partial charge in [0.05, 0.1) is 12.5 Å². The van der Waals surface area contributed by atoms with Gasteiger partial charge in [-0.25, -0.2) is 8.42 Å². The van der Waals surface area contributed by atoms with Crippen LogP contribution in [0, 0.1) is 0 Å². The Morgan fingerprint density at radius 2 is 2.04 bits per heavy atom. The van der Waals surface area contributed by atoms with Gasteiger partial charge in [-0.15, -0.1) is 23.7 Å². The number of sulfonamides is 1. The molecule has 1 saturated heterocycles. The van der Waals surface area contributed by atoms with Crippen molar-refractivity contribution in [3.63, 3.8) is 0 Å². The normalized spacial score (nSPS) is 16.7. The number of thiophene rings is 1. The molecule has 0 bridgehead atoms. The lowest BCUT2D eigenvalue weighted by atomic mass is 10.2. The first-order chi connectivity index (χ1) is 12.0. The number of piperidine rings is 1. The summed E-state index contributed by atoms with van der Waals surface area (Å²) < 4.78 is 32.3. The molecule has 150 valence electrons. The predicted octanol–water partition coefficient (Wildman–Crippen LogP) is 1.37. The maximum atomic E-state index is 12.6. The number of carbonyl (C=O) groups excluding carboxylic acids is 1. The number of ether oxygens (including phenoxy) is 1. The highest BCUT2D eigenvalue weighted by atomic mass is 35.5. The molecule has 1 aliphatic heterocycles. The van der Waals surface area contributed by atoms with Gasteiger partial charge in [0.25, 0.3) is 10.0 Å². The third kappa shape index (κ3) is 6.47. The molecule has 0 radical (unpaired) electrons. The van der Waals surface area contributed by atoms with Crippen molar-refractivity contribution in [3.8, 4) is 0 Å². The monoisotopic (exact) mass is 425 g/mol. The lowest BCUT2D eigenvalue weighted by Gasteiger charge is -2.25. The topological polar surface area (TPSA) is 102 Å². The minimum absolute atomic E-state index is 0. The number of rotatable bonds is 9. The van der Waals surface area contributed by atoms with Crippen LogP contribution in [-0.2, 0) is 26.0 Å². The van der Waals surface area contributed by atoms with Gasteiger partial charge < -0.3 is 15.8 Å². The van der Waals surface area contributed by atoms with E-state index in [-0.39, 0.29) is 30.8 Å². The van der Waals surface area contributed by atoms with Crippen molar-refractivity contribution < 1.29 is 17.9 Å². The average molecular weight is 426 g/mol. The second-order valence-corrected chi connectivity index (χ2v) is 9.42. The molecule has 10 heteroatoms. The standard InChI is InChI=1S/C16H27N3O4S2.ClH/c1-23-13(12-17)11-15(20)18-8-7-14-5-6-16(24-14)25(21,22)19-9-3-2-4-10-19;/h5-6,13H,2-4,7-12,17H2,1H3,(H,18,20);1H. The van der Waals surface area contributed by atoms with Gasteiger partial charge in [0.15, 0.2) is 0 Å². The van der Waals surface area contributed by atoms with Gasteiger partial charge in [-0.2, -0.15) is 4.31 Å². The van der Waals surface area contributed by atoms with Crippen molar-refractivity contribution in [2.45, 2.75) is 42.4 Å². The maximum absolute atomic E-state index is 12.6. The Kier molecular flexibility index (Phi) is 10.1. The minimum atomic E-state index is -3.37. The van der Waals surface area contributed by atoms with Gasteiger partial charge in [-0.3, -0.25) is 4.79 Å². The molecule has 1 unspecified atom stereocenters. The van der Waals surface area contributed by atoms with Crippen LogP contribution in [0.2, 0.25) is 0 Å². The largest absolute Gasteiger partial charge is 0.380 e. The quantitative estimate of drug-likeness (QED) is 0.622. The summed E-state index contributed by atoms with van der Waals surface area (Å²) in [6.07, 6.45) is 3.50. The van der Waals surface area contributed by atoms with Crippen LogP contribution in [0.1, 0.15) is 30.6 Å². The smallest absolute Gasteiger partial charge is 0.252 e. The van der Waals surface area contributed by atoms with Gasteiger partial charge in [-0.05, 0) is 31.4 Å². The molecule has 1 aliphatic rings. The van der Waals surface area contributed by atoms with Gasteiger partial charge in [0.1, 0.15) is 4.21 Å². The van der Waals surface area contributed by atoms with Crippen molar-refractivity contribution >= 4 is 39.7 Å². The Morgan fingerprint density at radius 3 is 2.65 bits per heavy atom. The van der Waals surface area contributed by atoms with E-state index in [1.165, 1.54) is 18.4 Å². The predicted molar refractivity (Wildman–Crippen MR) is 105 cm³/mol. The van der Waals surface area contributed by atoms with Crippen LogP contribution in [0.15, 0.2) is 16.3 Å². The molecule has 0 saturated carbocycles. The van der Waals surface area contributed by atoms with Gasteiger partial charge in [0.2, 0.25) is 5.91 Å². The van der Waals surface area contributed by atoms with Crippen LogP contribution >= 0.6 is 23.7 Å². The lowest BCUT2D eigenvalue weighted by Crippen LogP contribution is -2.35. The number of nitrogens with two attached hydrogens (primary N) is 1. The fourth-order valence-corrected chi connectivity index (χ4v) is 5.76. The maximum Gasteiger partial charge on any atom is 0.252 e. The molecule has 3 N–H and O–H groups in total. The highest BCUT2D eigenvalue weighted by Gasteiger charge is 2.27. The molecule has 1 amide bonds. The van der Waals surface area contributed by atoms with Crippen LogP contribution in [0.25, 0.3) is 0 Å². The first-order valence-corrected chi connectivity index (χ1v) is 10.8. The van der Waals surface area contributed by atoms with Crippen LogP contribution in [0.4, 0.5) is 0 Å². The third-order valence-electron chi connectivity index (χ3n) is 4.25. The van der Waals surface area contributed by atoms with Crippen molar-refractivity contribution in [3.05, 3.63) is 17.0 Å². The van der Waals surface area contributed by atoms with E-state index in [1.54, 1.807) is 10.4 Å². The lowest BCUT2D eigenvalue weighted by molar-refractivity contribution is -0.123. The summed E-state index contributed by atoms with van der Waals surface area (Å²) in [6, 6.07) is 3.49. The number of nitrogens with zero attached hydrogens (tertiary/aromatic N) is 1. The molecule has 0 aliphatic carbocycles. The molecule has 1 fully saturated rings. The van der Waals surface area contributed by atoms with E-state index in [9.17, 15) is 13.2 Å². The number of hydrogen-bond acceptors (Lipinski definition) is 6. The SMILES string of the molecule is COC(CN)CC(=O)NCCc1ccc(S(=O)(=O)N2CCCCC2)s1.Cl. The highest BCUT2D eigenvalue weighted by Crippen LogP contribution is 2.27. The van der Waals surface area contributed by atoms with E-state index in [0.717, 1.165) is 24.1 Å². The van der Waals surface area contributed by atoms with Crippen LogP contribution in [-0.4, -0.2) is 58.0 Å². The minimum Gasteiger partial charge on any atom is -0.380 e. The van der Waals surface area contributed by atoms with E-state index >= 15 is 0 Å². The average Bonchev–Trinajstić information content (AvgIpc) is 3.10. The van der Waals surface area contributed by atoms with Crippen molar-refractivity contribution in [2.24, 2.45) is 5.73 Å². The Balaban J connectivity index is 0.00000338. The van der Waals surface area contributed by atoms with E-state index < -0.39 is 10.0 Å². The number of halogens is 1. The molecule has 7 nitrogen and oxygen atoms in total. The summed E-state index contributed by atoms with van der Waals surface area (Å²) in [4.78, 5) is 12.7. The third-order valence-corrected chi connectivity index (χ3v) is 7.76. The Bertz CT molecular complexity index is 656. The fraction of sp³-hybridized carbons (Fsp3) is 0.688. The van der Waals surface area contributed by atoms with Crippen molar-refractivity contribution in [2.75, 3.05) is 33.3 Å². The molecule has 2 rings (SSSR count). The summed E-state index contributed by atoms with van der Waals surface area (Å²) in [7, 11) is -1.84. The van der Waals surface area contributed by atoms with Crippen LogP contribution in [0.3, 0.4) is 0 Å². The number of methoxy groups -OCH3 is 1. The zero-order valence-electron chi connectivity index (χ0n) is 15.0. The van der Waals surface area contributed by atoms with Crippen molar-refractivity contribution in [1.82, 2.24) is 9.62 Å². The molecule has 26 heavy (non-hydrogen) atoms. The highest BCUT2D eigenvalue weighted by molar-refractivity contribution is 7.91. The summed E-state index contributed by atoms with van der Waals surface area (Å²) >= 11 is 1.28. The van der Waals surface area contributed by atoms with Crippen molar-refractivity contribution in [1.29, 1.82) is 0 Å². The molecule has 2 heterocycles. The first-order valence-electron chi connectivity index (χ1n) is 8.55. The molecule has 0 spiro atoms. The van der Waals surface area contributed by atoms with Crippen LogP contribution in [0.5, 0.6) is 0 Å². The second kappa shape index (κ2) is 11.2.